The highest BCUT2D eigenvalue weighted by Gasteiger charge is 2.18. The molecule has 0 spiro atoms. The van der Waals surface area contributed by atoms with Crippen LogP contribution in [0.3, 0.4) is 0 Å². The number of benzene rings is 1. The summed E-state index contributed by atoms with van der Waals surface area (Å²) < 4.78 is 6.33. The molecule has 0 saturated carbocycles. The standard InChI is InChI=1S/C11H11ClN4O3/c1-19-9-2-3-10(11(6-9)16(17)18)15-7-8(4-5-12)13-14-15/h2-3,6-7H,4-5H2,1H3. The van der Waals surface area contributed by atoms with Gasteiger partial charge in [-0.05, 0) is 12.1 Å². The van der Waals surface area contributed by atoms with E-state index in [1.54, 1.807) is 18.3 Å². The van der Waals surface area contributed by atoms with E-state index in [1.165, 1.54) is 17.9 Å². The predicted molar refractivity (Wildman–Crippen MR) is 69.0 cm³/mol. The monoisotopic (exact) mass is 282 g/mol. The molecule has 100 valence electrons. The maximum absolute atomic E-state index is 11.1. The summed E-state index contributed by atoms with van der Waals surface area (Å²) in [4.78, 5) is 10.6. The SMILES string of the molecule is COc1ccc(-n2cc(CCCl)nn2)c([N+](=O)[O-])c1. The molecule has 1 aromatic heterocycles. The van der Waals surface area contributed by atoms with Crippen molar-refractivity contribution in [3.05, 3.63) is 40.2 Å². The third-order valence-corrected chi connectivity index (χ3v) is 2.71. The van der Waals surface area contributed by atoms with Crippen LogP contribution >= 0.6 is 11.6 Å². The molecule has 2 aromatic rings. The molecule has 1 aromatic carbocycles. The minimum atomic E-state index is -0.485. The fourth-order valence-corrected chi connectivity index (χ4v) is 1.79. The van der Waals surface area contributed by atoms with E-state index in [0.717, 1.165) is 0 Å². The molecule has 0 fully saturated rings. The van der Waals surface area contributed by atoms with Gasteiger partial charge in [0.2, 0.25) is 0 Å². The highest BCUT2D eigenvalue weighted by atomic mass is 35.5. The topological polar surface area (TPSA) is 83.1 Å². The fraction of sp³-hybridized carbons (Fsp3) is 0.273. The Morgan fingerprint density at radius 3 is 2.95 bits per heavy atom. The van der Waals surface area contributed by atoms with Crippen LogP contribution in [0.25, 0.3) is 5.69 Å². The molecule has 0 bridgehead atoms. The average Bonchev–Trinajstić information content (AvgIpc) is 2.87. The average molecular weight is 283 g/mol. The minimum Gasteiger partial charge on any atom is -0.496 e. The van der Waals surface area contributed by atoms with E-state index in [0.29, 0.717) is 29.4 Å². The van der Waals surface area contributed by atoms with Crippen LogP contribution in [0.5, 0.6) is 5.75 Å². The quantitative estimate of drug-likeness (QED) is 0.475. The predicted octanol–water partition coefficient (Wildman–Crippen LogP) is 1.97. The second-order valence-corrected chi connectivity index (χ2v) is 4.08. The summed E-state index contributed by atoms with van der Waals surface area (Å²) in [6.45, 7) is 0. The van der Waals surface area contributed by atoms with Gasteiger partial charge in [0.25, 0.3) is 5.69 Å². The highest BCUT2D eigenvalue weighted by Crippen LogP contribution is 2.27. The van der Waals surface area contributed by atoms with E-state index in [9.17, 15) is 10.1 Å². The maximum Gasteiger partial charge on any atom is 0.298 e. The Kier molecular flexibility index (Phi) is 3.96. The molecule has 0 N–H and O–H groups in total. The van der Waals surface area contributed by atoms with Crippen LogP contribution in [0.4, 0.5) is 5.69 Å². The molecule has 8 heteroatoms. The van der Waals surface area contributed by atoms with Crippen molar-refractivity contribution in [3.8, 4) is 11.4 Å². The molecular weight excluding hydrogens is 272 g/mol. The molecule has 0 amide bonds. The number of nitro benzene ring substituents is 1. The van der Waals surface area contributed by atoms with Crippen LogP contribution in [0.2, 0.25) is 0 Å². The Balaban J connectivity index is 2.45. The summed E-state index contributed by atoms with van der Waals surface area (Å²) >= 11 is 5.61. The summed E-state index contributed by atoms with van der Waals surface area (Å²) in [5.74, 6) is 0.834. The zero-order valence-corrected chi connectivity index (χ0v) is 10.9. The van der Waals surface area contributed by atoms with Crippen molar-refractivity contribution in [3.63, 3.8) is 0 Å². The Morgan fingerprint density at radius 2 is 2.32 bits per heavy atom. The van der Waals surface area contributed by atoms with Crippen LogP contribution in [0.15, 0.2) is 24.4 Å². The molecule has 0 atom stereocenters. The van der Waals surface area contributed by atoms with Gasteiger partial charge < -0.3 is 4.74 Å². The number of hydrogen-bond donors (Lipinski definition) is 0. The summed E-state index contributed by atoms with van der Waals surface area (Å²) in [5, 5.41) is 18.8. The maximum atomic E-state index is 11.1. The van der Waals surface area contributed by atoms with Gasteiger partial charge in [0.05, 0.1) is 30.0 Å². The van der Waals surface area contributed by atoms with E-state index in [1.807, 2.05) is 0 Å². The van der Waals surface area contributed by atoms with Gasteiger partial charge in [-0.3, -0.25) is 10.1 Å². The molecular formula is C11H11ClN4O3. The van der Waals surface area contributed by atoms with Crippen LogP contribution in [-0.2, 0) is 6.42 Å². The normalized spacial score (nSPS) is 10.4. The van der Waals surface area contributed by atoms with E-state index in [4.69, 9.17) is 16.3 Å². The first-order valence-corrected chi connectivity index (χ1v) is 5.99. The van der Waals surface area contributed by atoms with Crippen molar-refractivity contribution in [2.45, 2.75) is 6.42 Å². The van der Waals surface area contributed by atoms with Crippen LogP contribution in [0, 0.1) is 10.1 Å². The third-order valence-electron chi connectivity index (χ3n) is 2.52. The van der Waals surface area contributed by atoms with Gasteiger partial charge in [-0.2, -0.15) is 0 Å². The fourth-order valence-electron chi connectivity index (χ4n) is 1.60. The van der Waals surface area contributed by atoms with Crippen molar-refractivity contribution < 1.29 is 9.66 Å². The van der Waals surface area contributed by atoms with E-state index >= 15 is 0 Å². The van der Waals surface area contributed by atoms with E-state index < -0.39 is 4.92 Å². The first kappa shape index (κ1) is 13.3. The van der Waals surface area contributed by atoms with E-state index in [-0.39, 0.29) is 5.69 Å². The molecule has 0 aliphatic rings. The summed E-state index contributed by atoms with van der Waals surface area (Å²) in [6, 6.07) is 4.54. The molecule has 2 rings (SSSR count). The number of alkyl halides is 1. The molecule has 0 radical (unpaired) electrons. The minimum absolute atomic E-state index is 0.0957. The Bertz CT molecular complexity index is 599. The number of aromatic nitrogens is 3. The summed E-state index contributed by atoms with van der Waals surface area (Å²) in [7, 11) is 1.45. The lowest BCUT2D eigenvalue weighted by Gasteiger charge is -2.04. The van der Waals surface area contributed by atoms with Gasteiger partial charge in [-0.1, -0.05) is 5.21 Å². The third kappa shape index (κ3) is 2.82. The van der Waals surface area contributed by atoms with Crippen LogP contribution in [-0.4, -0.2) is 32.9 Å². The van der Waals surface area contributed by atoms with Gasteiger partial charge in [-0.15, -0.1) is 16.7 Å². The van der Waals surface area contributed by atoms with Crippen molar-refractivity contribution in [1.82, 2.24) is 15.0 Å². The van der Waals surface area contributed by atoms with Crippen molar-refractivity contribution in [2.24, 2.45) is 0 Å². The number of halogens is 1. The van der Waals surface area contributed by atoms with Gasteiger partial charge in [-0.25, -0.2) is 4.68 Å². The first-order chi connectivity index (χ1) is 9.15. The number of hydrogen-bond acceptors (Lipinski definition) is 5. The smallest absolute Gasteiger partial charge is 0.298 e. The van der Waals surface area contributed by atoms with E-state index in [2.05, 4.69) is 10.3 Å². The number of nitro groups is 1. The van der Waals surface area contributed by atoms with Crippen molar-refractivity contribution in [2.75, 3.05) is 13.0 Å². The first-order valence-electron chi connectivity index (χ1n) is 5.45. The van der Waals surface area contributed by atoms with Gasteiger partial charge in [0, 0.05) is 12.3 Å². The van der Waals surface area contributed by atoms with Crippen LogP contribution in [0.1, 0.15) is 5.69 Å². The number of methoxy groups -OCH3 is 1. The number of nitrogens with zero attached hydrogens (tertiary/aromatic N) is 4. The Morgan fingerprint density at radius 1 is 1.53 bits per heavy atom. The zero-order chi connectivity index (χ0) is 13.8. The van der Waals surface area contributed by atoms with Gasteiger partial charge in [0.15, 0.2) is 0 Å². The van der Waals surface area contributed by atoms with Gasteiger partial charge >= 0.3 is 0 Å². The molecule has 0 aliphatic carbocycles. The molecule has 1 heterocycles. The lowest BCUT2D eigenvalue weighted by molar-refractivity contribution is -0.384. The van der Waals surface area contributed by atoms with Gasteiger partial charge in [0.1, 0.15) is 11.4 Å². The zero-order valence-electron chi connectivity index (χ0n) is 10.1. The van der Waals surface area contributed by atoms with Crippen LogP contribution < -0.4 is 4.74 Å². The van der Waals surface area contributed by atoms with Crippen molar-refractivity contribution >= 4 is 17.3 Å². The molecule has 0 aliphatic heterocycles. The largest absolute Gasteiger partial charge is 0.496 e. The molecule has 0 unspecified atom stereocenters. The number of aryl methyl sites for hydroxylation is 1. The number of ether oxygens (including phenoxy) is 1. The highest BCUT2D eigenvalue weighted by molar-refractivity contribution is 6.17. The second-order valence-electron chi connectivity index (χ2n) is 3.71. The molecule has 7 nitrogen and oxygen atoms in total. The lowest BCUT2D eigenvalue weighted by atomic mass is 10.2. The summed E-state index contributed by atoms with van der Waals surface area (Å²) in [6.07, 6.45) is 2.18. The number of rotatable bonds is 5. The lowest BCUT2D eigenvalue weighted by Crippen LogP contribution is -2.01. The Labute approximate surface area is 113 Å². The summed E-state index contributed by atoms with van der Waals surface area (Å²) in [5.41, 5.74) is 0.918. The second kappa shape index (κ2) is 5.66. The molecule has 19 heavy (non-hydrogen) atoms. The molecule has 0 saturated heterocycles. The Hall–Kier alpha value is -2.15. The van der Waals surface area contributed by atoms with Crippen molar-refractivity contribution in [1.29, 1.82) is 0 Å².